The van der Waals surface area contributed by atoms with Gasteiger partial charge in [-0.2, -0.15) is 0 Å². The Morgan fingerprint density at radius 2 is 1.85 bits per heavy atom. The number of aromatic nitrogens is 1. The molecular formula is C24H33N5O5. The summed E-state index contributed by atoms with van der Waals surface area (Å²) in [5.74, 6) is -2.37. The van der Waals surface area contributed by atoms with Crippen molar-refractivity contribution in [3.63, 3.8) is 0 Å². The largest absolute Gasteiger partial charge is 0.480 e. The summed E-state index contributed by atoms with van der Waals surface area (Å²) in [5.41, 5.74) is 1.70. The molecule has 1 aromatic heterocycles. The van der Waals surface area contributed by atoms with Crippen LogP contribution in [0.5, 0.6) is 0 Å². The number of benzene rings is 1. The summed E-state index contributed by atoms with van der Waals surface area (Å²) in [6, 6.07) is 5.43. The maximum absolute atomic E-state index is 13.2. The molecule has 10 nitrogen and oxygen atoms in total. The van der Waals surface area contributed by atoms with Gasteiger partial charge in [0.05, 0.1) is 6.04 Å². The van der Waals surface area contributed by atoms with Crippen LogP contribution in [0.25, 0.3) is 10.9 Å². The van der Waals surface area contributed by atoms with Gasteiger partial charge >= 0.3 is 5.97 Å². The number of carboxylic acids is 1. The van der Waals surface area contributed by atoms with Crippen molar-refractivity contribution in [1.82, 2.24) is 26.3 Å². The number of hydrogen-bond donors (Lipinski definition) is 6. The van der Waals surface area contributed by atoms with Gasteiger partial charge in [-0.05, 0) is 43.4 Å². The molecule has 0 radical (unpaired) electrons. The predicted molar refractivity (Wildman–Crippen MR) is 127 cm³/mol. The zero-order valence-corrected chi connectivity index (χ0v) is 19.5. The highest BCUT2D eigenvalue weighted by atomic mass is 16.4. The summed E-state index contributed by atoms with van der Waals surface area (Å²) in [6.07, 6.45) is 3.94. The molecule has 1 aliphatic rings. The van der Waals surface area contributed by atoms with E-state index >= 15 is 0 Å². The molecule has 184 valence electrons. The fourth-order valence-corrected chi connectivity index (χ4v) is 4.17. The first-order valence-electron chi connectivity index (χ1n) is 11.6. The van der Waals surface area contributed by atoms with Crippen LogP contribution >= 0.6 is 0 Å². The van der Waals surface area contributed by atoms with E-state index in [9.17, 15) is 19.2 Å². The molecule has 1 fully saturated rings. The summed E-state index contributed by atoms with van der Waals surface area (Å²) in [4.78, 5) is 52.8. The Morgan fingerprint density at radius 3 is 2.53 bits per heavy atom. The molecule has 1 aliphatic heterocycles. The van der Waals surface area contributed by atoms with Crippen molar-refractivity contribution in [2.24, 2.45) is 5.92 Å². The van der Waals surface area contributed by atoms with Gasteiger partial charge in [-0.15, -0.1) is 0 Å². The van der Waals surface area contributed by atoms with Gasteiger partial charge in [0.1, 0.15) is 18.6 Å². The molecule has 2 heterocycles. The second kappa shape index (κ2) is 11.6. The van der Waals surface area contributed by atoms with Crippen molar-refractivity contribution in [3.05, 3.63) is 36.0 Å². The minimum absolute atomic E-state index is 0.125. The van der Waals surface area contributed by atoms with Crippen LogP contribution in [0, 0.1) is 5.92 Å². The quantitative estimate of drug-likeness (QED) is 0.283. The summed E-state index contributed by atoms with van der Waals surface area (Å²) >= 11 is 0. The highest BCUT2D eigenvalue weighted by molar-refractivity contribution is 5.94. The zero-order valence-electron chi connectivity index (χ0n) is 19.5. The number of amides is 3. The van der Waals surface area contributed by atoms with Crippen molar-refractivity contribution in [2.45, 2.75) is 57.7 Å². The predicted octanol–water partition coefficient (Wildman–Crippen LogP) is 0.679. The number of H-pyrrole nitrogens is 1. The van der Waals surface area contributed by atoms with E-state index in [4.69, 9.17) is 5.11 Å². The molecule has 0 bridgehead atoms. The van der Waals surface area contributed by atoms with Crippen LogP contribution in [0.15, 0.2) is 30.5 Å². The molecule has 0 aliphatic carbocycles. The summed E-state index contributed by atoms with van der Waals surface area (Å²) in [6.45, 7) is 4.10. The number of hydrogen-bond acceptors (Lipinski definition) is 5. The van der Waals surface area contributed by atoms with Crippen LogP contribution in [-0.4, -0.2) is 65.0 Å². The van der Waals surface area contributed by atoms with Crippen molar-refractivity contribution < 1.29 is 24.3 Å². The SMILES string of the molecule is CC(C)CC(NC(=O)C1CCCN1)C(=O)NC(Cc1c[nH]c2ccccc12)C(=O)NCC(=O)O. The molecule has 34 heavy (non-hydrogen) atoms. The molecule has 3 atom stereocenters. The standard InChI is InChI=1S/C24H33N5O5/c1-14(2)10-19(28-23(33)18-8-5-9-25-18)24(34)29-20(22(32)27-13-21(30)31)11-15-12-26-17-7-4-3-6-16(15)17/h3-4,6-7,12,14,18-20,25-26H,5,8-11,13H2,1-2H3,(H,27,32)(H,28,33)(H,29,34)(H,30,31). The number of carbonyl (C=O) groups is 4. The molecule has 10 heteroatoms. The first kappa shape index (κ1) is 25.2. The number of carbonyl (C=O) groups excluding carboxylic acids is 3. The number of aromatic amines is 1. The van der Waals surface area contributed by atoms with Crippen LogP contribution in [0.4, 0.5) is 0 Å². The van der Waals surface area contributed by atoms with E-state index in [0.29, 0.717) is 12.8 Å². The molecule has 0 saturated carbocycles. The Bertz CT molecular complexity index is 1030. The van der Waals surface area contributed by atoms with Crippen LogP contribution in [0.1, 0.15) is 38.7 Å². The van der Waals surface area contributed by atoms with Gasteiger partial charge in [-0.1, -0.05) is 32.0 Å². The molecule has 0 spiro atoms. The lowest BCUT2D eigenvalue weighted by molar-refractivity contribution is -0.138. The summed E-state index contributed by atoms with van der Waals surface area (Å²) < 4.78 is 0. The first-order valence-corrected chi connectivity index (χ1v) is 11.6. The molecule has 1 saturated heterocycles. The topological polar surface area (TPSA) is 152 Å². The van der Waals surface area contributed by atoms with Gasteiger partial charge in [0.15, 0.2) is 0 Å². The molecule has 1 aromatic carbocycles. The highest BCUT2D eigenvalue weighted by Gasteiger charge is 2.31. The fourth-order valence-electron chi connectivity index (χ4n) is 4.17. The Balaban J connectivity index is 1.77. The average Bonchev–Trinajstić information content (AvgIpc) is 3.47. The van der Waals surface area contributed by atoms with Gasteiger partial charge in [-0.25, -0.2) is 0 Å². The van der Waals surface area contributed by atoms with Gasteiger partial charge in [-0.3, -0.25) is 19.2 Å². The van der Waals surface area contributed by atoms with Gasteiger partial charge < -0.3 is 31.4 Å². The fraction of sp³-hybridized carbons (Fsp3) is 0.500. The second-order valence-electron chi connectivity index (χ2n) is 9.08. The van der Waals surface area contributed by atoms with E-state index in [0.717, 1.165) is 29.4 Å². The minimum atomic E-state index is -1.18. The lowest BCUT2D eigenvalue weighted by atomic mass is 10.0. The third-order valence-electron chi connectivity index (χ3n) is 5.86. The van der Waals surface area contributed by atoms with E-state index in [1.807, 2.05) is 38.1 Å². The Labute approximate surface area is 198 Å². The van der Waals surface area contributed by atoms with Gasteiger partial charge in [0.25, 0.3) is 0 Å². The van der Waals surface area contributed by atoms with Crippen LogP contribution in [-0.2, 0) is 25.6 Å². The number of nitrogens with one attached hydrogen (secondary N) is 5. The molecule has 3 amide bonds. The number of carboxylic acid groups (broad SMARTS) is 1. The number of fused-ring (bicyclic) bond motifs is 1. The van der Waals surface area contributed by atoms with Crippen molar-refractivity contribution in [1.29, 1.82) is 0 Å². The molecule has 2 aromatic rings. The van der Waals surface area contributed by atoms with E-state index < -0.39 is 36.4 Å². The number of aliphatic carboxylic acids is 1. The minimum Gasteiger partial charge on any atom is -0.480 e. The van der Waals surface area contributed by atoms with Crippen LogP contribution in [0.3, 0.4) is 0 Å². The van der Waals surface area contributed by atoms with E-state index in [2.05, 4.69) is 26.3 Å². The lowest BCUT2D eigenvalue weighted by Gasteiger charge is -2.25. The average molecular weight is 472 g/mol. The van der Waals surface area contributed by atoms with E-state index in [-0.39, 0.29) is 24.3 Å². The second-order valence-corrected chi connectivity index (χ2v) is 9.08. The van der Waals surface area contributed by atoms with Crippen molar-refractivity contribution in [2.75, 3.05) is 13.1 Å². The van der Waals surface area contributed by atoms with Gasteiger partial charge in [0.2, 0.25) is 17.7 Å². The maximum atomic E-state index is 13.2. The normalized spacial score (nSPS) is 17.3. The third kappa shape index (κ3) is 6.80. The Kier molecular flexibility index (Phi) is 8.64. The van der Waals surface area contributed by atoms with Crippen molar-refractivity contribution >= 4 is 34.6 Å². The van der Waals surface area contributed by atoms with E-state index in [1.54, 1.807) is 6.20 Å². The number of rotatable bonds is 11. The smallest absolute Gasteiger partial charge is 0.322 e. The Hall–Kier alpha value is -3.40. The Morgan fingerprint density at radius 1 is 1.09 bits per heavy atom. The molecule has 3 unspecified atom stereocenters. The van der Waals surface area contributed by atoms with Gasteiger partial charge in [0, 0.05) is 23.5 Å². The van der Waals surface area contributed by atoms with Crippen molar-refractivity contribution in [3.8, 4) is 0 Å². The lowest BCUT2D eigenvalue weighted by Crippen LogP contribution is -2.56. The number of para-hydroxylation sites is 1. The van der Waals surface area contributed by atoms with Crippen LogP contribution < -0.4 is 21.3 Å². The zero-order chi connectivity index (χ0) is 24.7. The summed E-state index contributed by atoms with van der Waals surface area (Å²) in [7, 11) is 0. The first-order chi connectivity index (χ1) is 16.2. The monoisotopic (exact) mass is 471 g/mol. The van der Waals surface area contributed by atoms with E-state index in [1.165, 1.54) is 0 Å². The molecule has 3 rings (SSSR count). The highest BCUT2D eigenvalue weighted by Crippen LogP contribution is 2.19. The molecular weight excluding hydrogens is 438 g/mol. The maximum Gasteiger partial charge on any atom is 0.322 e. The summed E-state index contributed by atoms with van der Waals surface area (Å²) in [5, 5.41) is 20.9. The molecule has 6 N–H and O–H groups in total. The van der Waals surface area contributed by atoms with Crippen LogP contribution in [0.2, 0.25) is 0 Å². The third-order valence-corrected chi connectivity index (χ3v) is 5.86.